The molecule has 4 heteroatoms. The molecule has 0 bridgehead atoms. The van der Waals surface area contributed by atoms with Crippen LogP contribution in [0.25, 0.3) is 11.4 Å². The van der Waals surface area contributed by atoms with Gasteiger partial charge in [0.25, 0.3) is 0 Å². The third-order valence-electron chi connectivity index (χ3n) is 3.27. The Bertz CT molecular complexity index is 441. The lowest BCUT2D eigenvalue weighted by atomic mass is 9.89. The number of aromatic amines is 1. The Kier molecular flexibility index (Phi) is 2.48. The molecule has 2 aromatic rings. The van der Waals surface area contributed by atoms with E-state index in [0.717, 1.165) is 17.2 Å². The summed E-state index contributed by atoms with van der Waals surface area (Å²) in [5.74, 6) is 2.35. The fraction of sp³-hybridized carbons (Fsp3) is 0.500. The predicted molar refractivity (Wildman–Crippen MR) is 59.9 cm³/mol. The van der Waals surface area contributed by atoms with Gasteiger partial charge in [-0.2, -0.15) is 5.10 Å². The number of rotatable bonds is 2. The van der Waals surface area contributed by atoms with E-state index in [1.165, 1.54) is 32.1 Å². The third kappa shape index (κ3) is 1.75. The molecule has 0 aliphatic heterocycles. The minimum Gasteiger partial charge on any atom is -0.472 e. The maximum absolute atomic E-state index is 5.03. The van der Waals surface area contributed by atoms with Gasteiger partial charge in [-0.15, -0.1) is 0 Å². The van der Waals surface area contributed by atoms with Gasteiger partial charge in [0, 0.05) is 5.92 Å². The van der Waals surface area contributed by atoms with Gasteiger partial charge in [0.05, 0.1) is 11.8 Å². The highest BCUT2D eigenvalue weighted by molar-refractivity contribution is 5.51. The molecular weight excluding hydrogens is 202 g/mol. The molecule has 0 aromatic carbocycles. The van der Waals surface area contributed by atoms with Crippen LogP contribution in [0.2, 0.25) is 0 Å². The topological polar surface area (TPSA) is 54.7 Å². The van der Waals surface area contributed by atoms with E-state index >= 15 is 0 Å². The highest BCUT2D eigenvalue weighted by atomic mass is 16.3. The van der Waals surface area contributed by atoms with Crippen LogP contribution >= 0.6 is 0 Å². The highest BCUT2D eigenvalue weighted by Crippen LogP contribution is 2.31. The number of aromatic nitrogens is 3. The van der Waals surface area contributed by atoms with Gasteiger partial charge in [0.15, 0.2) is 5.82 Å². The summed E-state index contributed by atoms with van der Waals surface area (Å²) in [5, 5.41) is 7.30. The van der Waals surface area contributed by atoms with Crippen molar-refractivity contribution >= 4 is 0 Å². The summed E-state index contributed by atoms with van der Waals surface area (Å²) < 4.78 is 5.03. The predicted octanol–water partition coefficient (Wildman–Crippen LogP) is 3.11. The van der Waals surface area contributed by atoms with E-state index in [1.807, 2.05) is 6.07 Å². The van der Waals surface area contributed by atoms with Crippen LogP contribution in [0.4, 0.5) is 0 Å². The summed E-state index contributed by atoms with van der Waals surface area (Å²) >= 11 is 0. The summed E-state index contributed by atoms with van der Waals surface area (Å²) in [7, 11) is 0. The highest BCUT2D eigenvalue weighted by Gasteiger charge is 2.19. The Morgan fingerprint density at radius 1 is 1.25 bits per heavy atom. The molecule has 2 heterocycles. The quantitative estimate of drug-likeness (QED) is 0.840. The Morgan fingerprint density at radius 2 is 2.12 bits per heavy atom. The average molecular weight is 217 g/mol. The molecule has 1 aliphatic rings. The van der Waals surface area contributed by atoms with Crippen molar-refractivity contribution in [2.75, 3.05) is 0 Å². The average Bonchev–Trinajstić information content (AvgIpc) is 3.01. The largest absolute Gasteiger partial charge is 0.472 e. The first-order chi connectivity index (χ1) is 7.93. The van der Waals surface area contributed by atoms with Gasteiger partial charge in [0.2, 0.25) is 0 Å². The Balaban J connectivity index is 1.82. The third-order valence-corrected chi connectivity index (χ3v) is 3.27. The molecule has 2 aromatic heterocycles. The normalized spacial score (nSPS) is 17.8. The second-order valence-corrected chi connectivity index (χ2v) is 4.39. The number of H-pyrrole nitrogens is 1. The van der Waals surface area contributed by atoms with Crippen LogP contribution in [0.3, 0.4) is 0 Å². The summed E-state index contributed by atoms with van der Waals surface area (Å²) in [4.78, 5) is 4.55. The van der Waals surface area contributed by atoms with Gasteiger partial charge in [0.1, 0.15) is 12.1 Å². The maximum Gasteiger partial charge on any atom is 0.184 e. The van der Waals surface area contributed by atoms with Gasteiger partial charge < -0.3 is 4.42 Å². The molecule has 0 saturated heterocycles. The maximum atomic E-state index is 5.03. The van der Waals surface area contributed by atoms with Crippen LogP contribution in [0.5, 0.6) is 0 Å². The molecular formula is C12H15N3O. The fourth-order valence-electron chi connectivity index (χ4n) is 2.35. The Morgan fingerprint density at radius 3 is 2.88 bits per heavy atom. The van der Waals surface area contributed by atoms with Crippen molar-refractivity contribution in [1.29, 1.82) is 0 Å². The fourth-order valence-corrected chi connectivity index (χ4v) is 2.35. The molecule has 84 valence electrons. The lowest BCUT2D eigenvalue weighted by Crippen LogP contribution is -2.06. The van der Waals surface area contributed by atoms with Crippen LogP contribution in [-0.4, -0.2) is 15.2 Å². The molecule has 0 atom stereocenters. The molecule has 16 heavy (non-hydrogen) atoms. The van der Waals surface area contributed by atoms with Crippen molar-refractivity contribution in [1.82, 2.24) is 15.2 Å². The van der Waals surface area contributed by atoms with E-state index in [2.05, 4.69) is 15.2 Å². The zero-order valence-electron chi connectivity index (χ0n) is 9.15. The standard InChI is InChI=1S/C12H15N3O/c1-2-4-9(5-3-1)11-13-12(15-14-11)10-6-7-16-8-10/h6-9H,1-5H2,(H,13,14,15). The van der Waals surface area contributed by atoms with Crippen molar-refractivity contribution in [3.8, 4) is 11.4 Å². The molecule has 0 unspecified atom stereocenters. The van der Waals surface area contributed by atoms with E-state index in [0.29, 0.717) is 5.92 Å². The molecule has 1 saturated carbocycles. The van der Waals surface area contributed by atoms with Crippen LogP contribution in [-0.2, 0) is 0 Å². The molecule has 1 fully saturated rings. The molecule has 4 nitrogen and oxygen atoms in total. The second-order valence-electron chi connectivity index (χ2n) is 4.39. The van der Waals surface area contributed by atoms with Crippen molar-refractivity contribution < 1.29 is 4.42 Å². The van der Waals surface area contributed by atoms with Crippen LogP contribution < -0.4 is 0 Å². The smallest absolute Gasteiger partial charge is 0.184 e. The number of hydrogen-bond acceptors (Lipinski definition) is 3. The van der Waals surface area contributed by atoms with Crippen molar-refractivity contribution in [3.05, 3.63) is 24.4 Å². The zero-order chi connectivity index (χ0) is 10.8. The van der Waals surface area contributed by atoms with E-state index in [9.17, 15) is 0 Å². The lowest BCUT2D eigenvalue weighted by Gasteiger charge is -2.18. The first-order valence-corrected chi connectivity index (χ1v) is 5.88. The minimum atomic E-state index is 0.571. The molecule has 0 amide bonds. The molecule has 3 rings (SSSR count). The number of furan rings is 1. The minimum absolute atomic E-state index is 0.571. The summed E-state index contributed by atoms with van der Waals surface area (Å²) in [5.41, 5.74) is 0.943. The van der Waals surface area contributed by atoms with E-state index in [-0.39, 0.29) is 0 Å². The van der Waals surface area contributed by atoms with Gasteiger partial charge in [-0.25, -0.2) is 4.98 Å². The Labute approximate surface area is 94.1 Å². The van der Waals surface area contributed by atoms with E-state index in [4.69, 9.17) is 4.42 Å². The monoisotopic (exact) mass is 217 g/mol. The summed E-state index contributed by atoms with van der Waals surface area (Å²) in [6.45, 7) is 0. The summed E-state index contributed by atoms with van der Waals surface area (Å²) in [6, 6.07) is 1.88. The first kappa shape index (κ1) is 9.63. The van der Waals surface area contributed by atoms with Gasteiger partial charge >= 0.3 is 0 Å². The van der Waals surface area contributed by atoms with Gasteiger partial charge in [-0.3, -0.25) is 5.10 Å². The molecule has 1 aliphatic carbocycles. The number of hydrogen-bond donors (Lipinski definition) is 1. The number of nitrogens with one attached hydrogen (secondary N) is 1. The first-order valence-electron chi connectivity index (χ1n) is 5.88. The summed E-state index contributed by atoms with van der Waals surface area (Å²) in [6.07, 6.45) is 9.78. The second kappa shape index (κ2) is 4.12. The molecule has 1 N–H and O–H groups in total. The molecule has 0 radical (unpaired) electrons. The molecule has 0 spiro atoms. The van der Waals surface area contributed by atoms with Crippen LogP contribution in [0.1, 0.15) is 43.8 Å². The SMILES string of the molecule is c1cc(-c2n[nH]c(C3CCCCC3)n2)co1. The van der Waals surface area contributed by atoms with Crippen molar-refractivity contribution in [2.24, 2.45) is 0 Å². The zero-order valence-corrected chi connectivity index (χ0v) is 9.15. The van der Waals surface area contributed by atoms with E-state index < -0.39 is 0 Å². The Hall–Kier alpha value is -1.58. The number of nitrogens with zero attached hydrogens (tertiary/aromatic N) is 2. The van der Waals surface area contributed by atoms with Crippen LogP contribution in [0, 0.1) is 0 Å². The van der Waals surface area contributed by atoms with E-state index in [1.54, 1.807) is 12.5 Å². The van der Waals surface area contributed by atoms with Gasteiger partial charge in [-0.1, -0.05) is 19.3 Å². The van der Waals surface area contributed by atoms with Crippen LogP contribution in [0.15, 0.2) is 23.0 Å². The van der Waals surface area contributed by atoms with Gasteiger partial charge in [-0.05, 0) is 18.9 Å². The van der Waals surface area contributed by atoms with Crippen molar-refractivity contribution in [3.63, 3.8) is 0 Å². The van der Waals surface area contributed by atoms with Crippen molar-refractivity contribution in [2.45, 2.75) is 38.0 Å². The lowest BCUT2D eigenvalue weighted by molar-refractivity contribution is 0.429.